The van der Waals surface area contributed by atoms with Crippen LogP contribution in [-0.4, -0.2) is 97.9 Å². The Morgan fingerprint density at radius 1 is 0.838 bits per heavy atom. The summed E-state index contributed by atoms with van der Waals surface area (Å²) in [4.78, 5) is 25.9. The molecule has 37 heavy (non-hydrogen) atoms. The second-order valence-electron chi connectivity index (χ2n) is 9.00. The highest BCUT2D eigenvalue weighted by molar-refractivity contribution is 7.86. The zero-order valence-electron chi connectivity index (χ0n) is 20.4. The van der Waals surface area contributed by atoms with Gasteiger partial charge >= 0.3 is 0 Å². The maximum absolute atomic E-state index is 13.1. The van der Waals surface area contributed by atoms with Crippen molar-refractivity contribution in [3.05, 3.63) is 28.8 Å². The predicted molar refractivity (Wildman–Crippen MR) is 133 cm³/mol. The van der Waals surface area contributed by atoms with E-state index in [1.54, 1.807) is 25.3 Å². The Bertz CT molecular complexity index is 1450. The molecule has 208 valence electrons. The van der Waals surface area contributed by atoms with Crippen molar-refractivity contribution in [3.63, 3.8) is 0 Å². The lowest BCUT2D eigenvalue weighted by molar-refractivity contribution is -0.438. The summed E-state index contributed by atoms with van der Waals surface area (Å²) in [6.07, 6.45) is 0.0202. The van der Waals surface area contributed by atoms with Crippen LogP contribution in [0.1, 0.15) is 53.5 Å². The smallest absolute Gasteiger partial charge is 0.266 e. The van der Waals surface area contributed by atoms with Crippen LogP contribution in [0.15, 0.2) is 12.1 Å². The Labute approximate surface area is 215 Å². The first kappa shape index (κ1) is 30.8. The van der Waals surface area contributed by atoms with E-state index in [1.165, 1.54) is 12.1 Å². The van der Waals surface area contributed by atoms with E-state index in [4.69, 9.17) is 13.7 Å². The molecule has 0 bridgehead atoms. The Balaban J connectivity index is 2.54. The van der Waals surface area contributed by atoms with Crippen molar-refractivity contribution in [1.82, 2.24) is 10.6 Å². The number of hydrogen-bond donors (Lipinski definition) is 5. The lowest BCUT2D eigenvalue weighted by atomic mass is 9.79. The van der Waals surface area contributed by atoms with Gasteiger partial charge in [-0.05, 0) is 19.9 Å². The number of hydrogen-bond acceptors (Lipinski definition) is 8. The van der Waals surface area contributed by atoms with E-state index in [-0.39, 0.29) is 24.1 Å². The van der Waals surface area contributed by atoms with Crippen molar-refractivity contribution in [2.24, 2.45) is 0 Å². The second-order valence-corrected chi connectivity index (χ2v) is 13.7. The SMILES string of the molecule is CC1=[N+](CCCS(=O)(=O)O)c2cc(C(=O)NCCS(=O)(=O)O)cc(C(=O)NCCS(=O)(=O)O)c2C1(C)C. The number of amides is 2. The maximum Gasteiger partial charge on any atom is 0.266 e. The average Bonchev–Trinajstić information content (AvgIpc) is 2.90. The molecular weight excluding hydrogens is 554 g/mol. The van der Waals surface area contributed by atoms with Gasteiger partial charge in [0, 0.05) is 38.1 Å². The molecule has 1 aromatic carbocycles. The molecule has 0 unspecified atom stereocenters. The normalized spacial score (nSPS) is 15.4. The third-order valence-electron chi connectivity index (χ3n) is 5.92. The number of carbonyl (C=O) groups excluding carboxylic acids is 2. The van der Waals surface area contributed by atoms with Crippen LogP contribution in [0.5, 0.6) is 0 Å². The van der Waals surface area contributed by atoms with Gasteiger partial charge in [-0.25, -0.2) is 0 Å². The van der Waals surface area contributed by atoms with Crippen LogP contribution >= 0.6 is 0 Å². The first-order chi connectivity index (χ1) is 16.7. The topological polar surface area (TPSA) is 224 Å². The number of nitrogens with zero attached hydrogens (tertiary/aromatic N) is 1. The van der Waals surface area contributed by atoms with E-state index in [2.05, 4.69) is 10.6 Å². The molecule has 0 spiro atoms. The molecule has 17 heteroatoms. The summed E-state index contributed by atoms with van der Waals surface area (Å²) in [5.74, 6) is -3.51. The van der Waals surface area contributed by atoms with Gasteiger partial charge < -0.3 is 10.6 Å². The van der Waals surface area contributed by atoms with Crippen molar-refractivity contribution in [2.45, 2.75) is 32.6 Å². The van der Waals surface area contributed by atoms with Crippen molar-refractivity contribution >= 4 is 53.6 Å². The van der Waals surface area contributed by atoms with Crippen LogP contribution in [0.25, 0.3) is 0 Å². The maximum atomic E-state index is 13.1. The number of fused-ring (bicyclic) bond motifs is 1. The van der Waals surface area contributed by atoms with Gasteiger partial charge in [0.15, 0.2) is 5.71 Å². The van der Waals surface area contributed by atoms with Crippen LogP contribution in [0.2, 0.25) is 0 Å². The van der Waals surface area contributed by atoms with Crippen LogP contribution < -0.4 is 10.6 Å². The minimum absolute atomic E-state index is 0.00870. The Morgan fingerprint density at radius 3 is 1.81 bits per heavy atom. The monoisotopic (exact) mass is 584 g/mol. The molecule has 0 fully saturated rings. The van der Waals surface area contributed by atoms with E-state index >= 15 is 0 Å². The third-order valence-corrected chi connectivity index (χ3v) is 8.17. The molecule has 0 radical (unpaired) electrons. The lowest BCUT2D eigenvalue weighted by Gasteiger charge is -2.19. The van der Waals surface area contributed by atoms with Gasteiger partial charge in [0.25, 0.3) is 42.2 Å². The molecule has 14 nitrogen and oxygen atoms in total. The number of nitrogens with one attached hydrogen (secondary N) is 2. The fourth-order valence-corrected chi connectivity index (χ4v) is 5.20. The first-order valence-electron chi connectivity index (χ1n) is 10.9. The summed E-state index contributed by atoms with van der Waals surface area (Å²) >= 11 is 0. The molecule has 1 aliphatic rings. The van der Waals surface area contributed by atoms with Gasteiger partial charge in [0.1, 0.15) is 6.54 Å². The quantitative estimate of drug-likeness (QED) is 0.157. The van der Waals surface area contributed by atoms with E-state index in [0.29, 0.717) is 17.0 Å². The van der Waals surface area contributed by atoms with E-state index in [1.807, 2.05) is 0 Å². The molecule has 0 aliphatic carbocycles. The highest BCUT2D eigenvalue weighted by atomic mass is 32.2. The van der Waals surface area contributed by atoms with Gasteiger partial charge in [-0.3, -0.25) is 23.2 Å². The van der Waals surface area contributed by atoms with Crippen molar-refractivity contribution in [1.29, 1.82) is 0 Å². The molecular formula is C20H30N3O11S3+. The van der Waals surface area contributed by atoms with Crippen LogP contribution in [0.4, 0.5) is 5.69 Å². The van der Waals surface area contributed by atoms with E-state index in [9.17, 15) is 34.8 Å². The molecule has 1 heterocycles. The molecule has 0 saturated carbocycles. The molecule has 2 amide bonds. The van der Waals surface area contributed by atoms with E-state index in [0.717, 1.165) is 0 Å². The number of carbonyl (C=O) groups is 2. The first-order valence-corrected chi connectivity index (χ1v) is 15.8. The zero-order valence-corrected chi connectivity index (χ0v) is 22.8. The number of rotatable bonds is 12. The van der Waals surface area contributed by atoms with Crippen LogP contribution in [0, 0.1) is 0 Å². The summed E-state index contributed by atoms with van der Waals surface area (Å²) < 4.78 is 95.0. The Kier molecular flexibility index (Phi) is 9.25. The molecule has 1 aliphatic heterocycles. The summed E-state index contributed by atoms with van der Waals surface area (Å²) in [6, 6.07) is 2.69. The highest BCUT2D eigenvalue weighted by Crippen LogP contribution is 2.42. The number of benzene rings is 1. The van der Waals surface area contributed by atoms with Crippen molar-refractivity contribution in [3.8, 4) is 0 Å². The highest BCUT2D eigenvalue weighted by Gasteiger charge is 2.46. The van der Waals surface area contributed by atoms with Crippen molar-refractivity contribution in [2.75, 3.05) is 36.9 Å². The summed E-state index contributed by atoms with van der Waals surface area (Å²) in [5, 5.41) is 4.71. The van der Waals surface area contributed by atoms with Gasteiger partial charge in [0.05, 0.1) is 33.8 Å². The fraction of sp³-hybridized carbons (Fsp3) is 0.550. The van der Waals surface area contributed by atoms with E-state index < -0.39 is 77.9 Å². The molecule has 5 N–H and O–H groups in total. The molecule has 1 aromatic rings. The minimum Gasteiger partial charge on any atom is -0.351 e. The lowest BCUT2D eigenvalue weighted by Crippen LogP contribution is -2.33. The largest absolute Gasteiger partial charge is 0.351 e. The van der Waals surface area contributed by atoms with Gasteiger partial charge in [0.2, 0.25) is 5.69 Å². The molecule has 0 aromatic heterocycles. The third kappa shape index (κ3) is 8.54. The molecule has 0 atom stereocenters. The summed E-state index contributed by atoms with van der Waals surface area (Å²) in [7, 11) is -12.9. The fourth-order valence-electron chi connectivity index (χ4n) is 3.98. The molecule has 0 saturated heterocycles. The molecule has 2 rings (SSSR count). The second kappa shape index (κ2) is 11.1. The van der Waals surface area contributed by atoms with Crippen LogP contribution in [-0.2, 0) is 35.8 Å². The summed E-state index contributed by atoms with van der Waals surface area (Å²) in [5.41, 5.74) is 0.724. The van der Waals surface area contributed by atoms with Gasteiger partial charge in [-0.15, -0.1) is 0 Å². The Morgan fingerprint density at radius 2 is 1.32 bits per heavy atom. The minimum atomic E-state index is -4.35. The van der Waals surface area contributed by atoms with Gasteiger partial charge in [-0.1, -0.05) is 0 Å². The summed E-state index contributed by atoms with van der Waals surface area (Å²) in [6.45, 7) is 4.62. The van der Waals surface area contributed by atoms with Crippen molar-refractivity contribution < 1.29 is 53.1 Å². The van der Waals surface area contributed by atoms with Crippen LogP contribution in [0.3, 0.4) is 0 Å². The zero-order chi connectivity index (χ0) is 28.4. The predicted octanol–water partition coefficient (Wildman–Crippen LogP) is -0.404. The average molecular weight is 585 g/mol. The Hall–Kier alpha value is -2.44. The standard InChI is InChI=1S/C20H29N3O11S3/c1-13-20(2,3)17-15(19(25)22-6-10-37(32,33)34)11-14(18(24)21-5-9-36(29,30)31)12-16(17)23(13)7-4-8-35(26,27)28/h11-12H,4-10H2,1-3H3,(H4-,21,22,24,25,26,27,28,29,30,31,32,33,34)/p+1. The van der Waals surface area contributed by atoms with Gasteiger partial charge in [-0.2, -0.15) is 29.8 Å².